The van der Waals surface area contributed by atoms with E-state index in [2.05, 4.69) is 49.9 Å². The monoisotopic (exact) mass is 391 g/mol. The molecule has 1 N–H and O–H groups in total. The first-order valence-electron chi connectivity index (χ1n) is 10.2. The number of aromatic hydroxyl groups is 1. The van der Waals surface area contributed by atoms with E-state index in [-0.39, 0.29) is 17.1 Å². The second-order valence-corrected chi connectivity index (χ2v) is 8.88. The molecule has 0 radical (unpaired) electrons. The molecule has 1 saturated heterocycles. The lowest BCUT2D eigenvalue weighted by molar-refractivity contribution is 0.0737. The number of carbonyl (C=O) groups excluding carboxylic acids is 1. The van der Waals surface area contributed by atoms with Gasteiger partial charge in [0.2, 0.25) is 0 Å². The van der Waals surface area contributed by atoms with Gasteiger partial charge in [-0.2, -0.15) is 0 Å². The molecule has 0 spiro atoms. The van der Waals surface area contributed by atoms with E-state index in [1.807, 2.05) is 28.6 Å². The van der Waals surface area contributed by atoms with Crippen LogP contribution in [0, 0.1) is 0 Å². The Morgan fingerprint density at radius 3 is 2.34 bits per heavy atom. The fourth-order valence-corrected chi connectivity index (χ4v) is 4.24. The van der Waals surface area contributed by atoms with Gasteiger partial charge in [0, 0.05) is 49.8 Å². The van der Waals surface area contributed by atoms with Crippen LogP contribution in [-0.4, -0.2) is 46.7 Å². The minimum atomic E-state index is 0.0481. The van der Waals surface area contributed by atoms with Crippen LogP contribution in [-0.2, 0) is 12.5 Å². The minimum absolute atomic E-state index is 0.0481. The second kappa shape index (κ2) is 7.14. The van der Waals surface area contributed by atoms with Crippen molar-refractivity contribution in [2.75, 3.05) is 31.1 Å². The van der Waals surface area contributed by atoms with Gasteiger partial charge in [0.15, 0.2) is 0 Å². The van der Waals surface area contributed by atoms with Gasteiger partial charge in [0.25, 0.3) is 5.91 Å². The predicted molar refractivity (Wildman–Crippen MR) is 118 cm³/mol. The van der Waals surface area contributed by atoms with Crippen LogP contribution in [0.25, 0.3) is 10.9 Å². The third-order valence-electron chi connectivity index (χ3n) is 5.86. The summed E-state index contributed by atoms with van der Waals surface area (Å²) < 4.78 is 1.92. The standard InChI is InChI=1S/C24H29N3O2/c1-24(2,3)19-7-5-6-8-21(19)26-11-13-27(14-12-26)23(29)22-16-17-15-18(28)9-10-20(17)25(22)4/h5-10,15-16,28H,11-14H2,1-4H3. The molecular formula is C24H29N3O2. The highest BCUT2D eigenvalue weighted by Crippen LogP contribution is 2.32. The van der Waals surface area contributed by atoms with Crippen LogP contribution in [0.15, 0.2) is 48.5 Å². The number of fused-ring (bicyclic) bond motifs is 1. The number of phenolic OH excluding ortho intramolecular Hbond substituents is 1. The first-order valence-corrected chi connectivity index (χ1v) is 10.2. The zero-order chi connectivity index (χ0) is 20.8. The van der Waals surface area contributed by atoms with Gasteiger partial charge in [0.1, 0.15) is 11.4 Å². The topological polar surface area (TPSA) is 48.7 Å². The van der Waals surface area contributed by atoms with E-state index in [0.717, 1.165) is 24.0 Å². The summed E-state index contributed by atoms with van der Waals surface area (Å²) in [7, 11) is 1.91. The predicted octanol–water partition coefficient (Wildman–Crippen LogP) is 4.14. The van der Waals surface area contributed by atoms with Crippen molar-refractivity contribution < 1.29 is 9.90 Å². The number of phenols is 1. The molecule has 0 atom stereocenters. The Labute approximate surface area is 172 Å². The number of rotatable bonds is 2. The first-order chi connectivity index (χ1) is 13.8. The molecule has 1 amide bonds. The van der Waals surface area contributed by atoms with Crippen molar-refractivity contribution in [2.24, 2.45) is 7.05 Å². The summed E-state index contributed by atoms with van der Waals surface area (Å²) in [4.78, 5) is 17.5. The third-order valence-corrected chi connectivity index (χ3v) is 5.86. The number of para-hydroxylation sites is 1. The third kappa shape index (κ3) is 3.57. The molecule has 3 aromatic rings. The molecular weight excluding hydrogens is 362 g/mol. The zero-order valence-corrected chi connectivity index (χ0v) is 17.6. The lowest BCUT2D eigenvalue weighted by Gasteiger charge is -2.38. The van der Waals surface area contributed by atoms with Crippen molar-refractivity contribution in [1.82, 2.24) is 9.47 Å². The maximum Gasteiger partial charge on any atom is 0.270 e. The summed E-state index contributed by atoms with van der Waals surface area (Å²) in [5, 5.41) is 10.6. The smallest absolute Gasteiger partial charge is 0.270 e. The van der Waals surface area contributed by atoms with E-state index in [1.165, 1.54) is 11.3 Å². The Balaban J connectivity index is 1.52. The van der Waals surface area contributed by atoms with Crippen LogP contribution in [0.2, 0.25) is 0 Å². The van der Waals surface area contributed by atoms with Crippen molar-refractivity contribution in [3.8, 4) is 5.75 Å². The molecule has 5 nitrogen and oxygen atoms in total. The van der Waals surface area contributed by atoms with Gasteiger partial charge in [-0.25, -0.2) is 0 Å². The Hall–Kier alpha value is -2.95. The van der Waals surface area contributed by atoms with Crippen molar-refractivity contribution in [2.45, 2.75) is 26.2 Å². The second-order valence-electron chi connectivity index (χ2n) is 8.88. The molecule has 152 valence electrons. The normalized spacial score (nSPS) is 15.2. The number of benzene rings is 2. The zero-order valence-electron chi connectivity index (χ0n) is 17.6. The van der Waals surface area contributed by atoms with Crippen LogP contribution in [0.4, 0.5) is 5.69 Å². The lowest BCUT2D eigenvalue weighted by Crippen LogP contribution is -2.49. The number of amides is 1. The number of carbonyl (C=O) groups is 1. The Kier molecular flexibility index (Phi) is 4.77. The van der Waals surface area contributed by atoms with E-state index < -0.39 is 0 Å². The molecule has 29 heavy (non-hydrogen) atoms. The summed E-state index contributed by atoms with van der Waals surface area (Å²) in [6.07, 6.45) is 0. The fraction of sp³-hybridized carbons (Fsp3) is 0.375. The molecule has 1 aliphatic rings. The Bertz CT molecular complexity index is 1050. The Morgan fingerprint density at radius 1 is 0.966 bits per heavy atom. The summed E-state index contributed by atoms with van der Waals surface area (Å²) in [6, 6.07) is 15.7. The van der Waals surface area contributed by atoms with Gasteiger partial charge in [-0.3, -0.25) is 4.79 Å². The number of aryl methyl sites for hydroxylation is 1. The fourth-order valence-electron chi connectivity index (χ4n) is 4.24. The lowest BCUT2D eigenvalue weighted by atomic mass is 9.85. The van der Waals surface area contributed by atoms with Gasteiger partial charge < -0.3 is 19.5 Å². The molecule has 0 saturated carbocycles. The molecule has 2 heterocycles. The highest BCUT2D eigenvalue weighted by atomic mass is 16.3. The molecule has 0 aliphatic carbocycles. The summed E-state index contributed by atoms with van der Waals surface area (Å²) >= 11 is 0. The first kappa shape index (κ1) is 19.4. The van der Waals surface area contributed by atoms with E-state index in [9.17, 15) is 9.90 Å². The van der Waals surface area contributed by atoms with Crippen molar-refractivity contribution in [3.63, 3.8) is 0 Å². The quantitative estimate of drug-likeness (QED) is 0.714. The maximum atomic E-state index is 13.2. The van der Waals surface area contributed by atoms with E-state index >= 15 is 0 Å². The summed E-state index contributed by atoms with van der Waals surface area (Å²) in [5.41, 5.74) is 4.30. The summed E-state index contributed by atoms with van der Waals surface area (Å²) in [5.74, 6) is 0.264. The molecule has 5 heteroatoms. The highest BCUT2D eigenvalue weighted by molar-refractivity contribution is 5.99. The van der Waals surface area contributed by atoms with Crippen molar-refractivity contribution in [1.29, 1.82) is 0 Å². The number of nitrogens with zero attached hydrogens (tertiary/aromatic N) is 3. The number of anilines is 1. The number of hydrogen-bond donors (Lipinski definition) is 1. The Morgan fingerprint density at radius 2 is 1.66 bits per heavy atom. The SMILES string of the molecule is Cn1c(C(=O)N2CCN(c3ccccc3C(C)(C)C)CC2)cc2cc(O)ccc21. The molecule has 1 aromatic heterocycles. The van der Waals surface area contributed by atoms with Gasteiger partial charge in [0.05, 0.1) is 0 Å². The minimum Gasteiger partial charge on any atom is -0.508 e. The van der Waals surface area contributed by atoms with E-state index in [4.69, 9.17) is 0 Å². The van der Waals surface area contributed by atoms with Crippen LogP contribution < -0.4 is 4.90 Å². The molecule has 2 aromatic carbocycles. The average molecular weight is 392 g/mol. The van der Waals surface area contributed by atoms with Crippen molar-refractivity contribution in [3.05, 3.63) is 59.8 Å². The summed E-state index contributed by atoms with van der Waals surface area (Å²) in [6.45, 7) is 9.76. The van der Waals surface area contributed by atoms with Gasteiger partial charge in [-0.1, -0.05) is 39.0 Å². The average Bonchev–Trinajstić information content (AvgIpc) is 3.02. The van der Waals surface area contributed by atoms with Gasteiger partial charge in [-0.15, -0.1) is 0 Å². The number of aromatic nitrogens is 1. The molecule has 0 bridgehead atoms. The molecule has 1 fully saturated rings. The molecule has 4 rings (SSSR count). The number of hydrogen-bond acceptors (Lipinski definition) is 3. The molecule has 1 aliphatic heterocycles. The maximum absolute atomic E-state index is 13.2. The van der Waals surface area contributed by atoms with Crippen molar-refractivity contribution >= 4 is 22.5 Å². The van der Waals surface area contributed by atoms with Gasteiger partial charge in [-0.05, 0) is 41.3 Å². The highest BCUT2D eigenvalue weighted by Gasteiger charge is 2.27. The van der Waals surface area contributed by atoms with E-state index in [1.54, 1.807) is 12.1 Å². The number of piperazine rings is 1. The van der Waals surface area contributed by atoms with Crippen LogP contribution >= 0.6 is 0 Å². The van der Waals surface area contributed by atoms with Crippen LogP contribution in [0.3, 0.4) is 0 Å². The molecule has 0 unspecified atom stereocenters. The van der Waals surface area contributed by atoms with E-state index in [0.29, 0.717) is 18.8 Å². The largest absolute Gasteiger partial charge is 0.508 e. The van der Waals surface area contributed by atoms with Crippen LogP contribution in [0.5, 0.6) is 5.75 Å². The van der Waals surface area contributed by atoms with Gasteiger partial charge >= 0.3 is 0 Å². The van der Waals surface area contributed by atoms with Crippen LogP contribution in [0.1, 0.15) is 36.8 Å².